The Balaban J connectivity index is 1.67. The Morgan fingerprint density at radius 3 is 2.88 bits per heavy atom. The molecule has 8 nitrogen and oxygen atoms in total. The summed E-state index contributed by atoms with van der Waals surface area (Å²) >= 11 is 0. The molecule has 1 amide bonds. The lowest BCUT2D eigenvalue weighted by molar-refractivity contribution is 0.101. The van der Waals surface area contributed by atoms with Gasteiger partial charge in [-0.15, -0.1) is 0 Å². The van der Waals surface area contributed by atoms with Crippen molar-refractivity contribution < 1.29 is 4.79 Å². The van der Waals surface area contributed by atoms with Crippen molar-refractivity contribution in [3.63, 3.8) is 0 Å². The minimum absolute atomic E-state index is 0.196. The summed E-state index contributed by atoms with van der Waals surface area (Å²) in [4.78, 5) is 23.8. The first-order valence-corrected chi connectivity index (χ1v) is 7.80. The summed E-state index contributed by atoms with van der Waals surface area (Å²) in [6.45, 7) is 0. The number of amides is 1. The highest BCUT2D eigenvalue weighted by Gasteiger charge is 2.14. The number of fused-ring (bicyclic) bond motifs is 1. The van der Waals surface area contributed by atoms with E-state index in [4.69, 9.17) is 0 Å². The van der Waals surface area contributed by atoms with Crippen molar-refractivity contribution in [2.75, 3.05) is 5.32 Å². The zero-order valence-electron chi connectivity index (χ0n) is 13.8. The number of hydrogen-bond acceptors (Lipinski definition) is 5. The van der Waals surface area contributed by atoms with Crippen LogP contribution in [0, 0.1) is 11.3 Å². The van der Waals surface area contributed by atoms with Crippen LogP contribution in [0.3, 0.4) is 0 Å². The maximum Gasteiger partial charge on any atom is 0.294 e. The highest BCUT2D eigenvalue weighted by molar-refractivity contribution is 6.01. The van der Waals surface area contributed by atoms with E-state index in [-0.39, 0.29) is 5.82 Å². The van der Waals surface area contributed by atoms with Gasteiger partial charge in [-0.1, -0.05) is 18.2 Å². The molecular formula is C18H13N7O. The SMILES string of the molecule is Cn1ncnc1C(=O)Nc1ccc2cc(-c3ccccc3C#N)[nH]c2n1. The predicted octanol–water partition coefficient (Wildman–Crippen LogP) is 2.48. The summed E-state index contributed by atoms with van der Waals surface area (Å²) in [5, 5.41) is 16.7. The van der Waals surface area contributed by atoms with Gasteiger partial charge in [0.25, 0.3) is 5.91 Å². The van der Waals surface area contributed by atoms with E-state index in [1.54, 1.807) is 19.2 Å². The second-order valence-corrected chi connectivity index (χ2v) is 5.64. The first-order valence-electron chi connectivity index (χ1n) is 7.80. The number of anilines is 1. The molecule has 0 saturated carbocycles. The predicted molar refractivity (Wildman–Crippen MR) is 95.2 cm³/mol. The molecule has 0 bridgehead atoms. The van der Waals surface area contributed by atoms with Gasteiger partial charge in [0.15, 0.2) is 0 Å². The van der Waals surface area contributed by atoms with Crippen LogP contribution in [0.15, 0.2) is 48.8 Å². The van der Waals surface area contributed by atoms with Crippen molar-refractivity contribution in [3.05, 3.63) is 60.2 Å². The van der Waals surface area contributed by atoms with Crippen LogP contribution in [0.5, 0.6) is 0 Å². The van der Waals surface area contributed by atoms with Crippen LogP contribution in [-0.2, 0) is 7.05 Å². The van der Waals surface area contributed by atoms with Gasteiger partial charge in [0, 0.05) is 23.7 Å². The number of hydrogen-bond donors (Lipinski definition) is 2. The van der Waals surface area contributed by atoms with Crippen molar-refractivity contribution in [2.45, 2.75) is 0 Å². The van der Waals surface area contributed by atoms with Crippen LogP contribution in [0.25, 0.3) is 22.3 Å². The smallest absolute Gasteiger partial charge is 0.294 e. The summed E-state index contributed by atoms with van der Waals surface area (Å²) in [5.74, 6) is 0.202. The molecule has 0 aliphatic carbocycles. The van der Waals surface area contributed by atoms with E-state index < -0.39 is 5.91 Å². The molecule has 0 spiro atoms. The number of carbonyl (C=O) groups excluding carboxylic acids is 1. The van der Waals surface area contributed by atoms with Gasteiger partial charge in [-0.25, -0.2) is 14.6 Å². The van der Waals surface area contributed by atoms with Gasteiger partial charge >= 0.3 is 0 Å². The molecule has 126 valence electrons. The number of nitrogens with one attached hydrogen (secondary N) is 2. The van der Waals surface area contributed by atoms with E-state index in [2.05, 4.69) is 31.4 Å². The van der Waals surface area contributed by atoms with Crippen molar-refractivity contribution >= 4 is 22.8 Å². The van der Waals surface area contributed by atoms with E-state index in [1.807, 2.05) is 30.3 Å². The average Bonchev–Trinajstić information content (AvgIpc) is 3.27. The van der Waals surface area contributed by atoms with Crippen molar-refractivity contribution in [1.82, 2.24) is 24.7 Å². The standard InChI is InChI=1S/C18H13N7O/c1-25-17(20-10-21-25)18(26)24-15-7-6-11-8-14(22-16(11)23-15)13-5-3-2-4-12(13)9-19/h2-8,10H,1H3,(H2,22,23,24,26). The van der Waals surface area contributed by atoms with Gasteiger partial charge < -0.3 is 10.3 Å². The number of benzene rings is 1. The first kappa shape index (κ1) is 15.5. The number of H-pyrrole nitrogens is 1. The van der Waals surface area contributed by atoms with Crippen molar-refractivity contribution in [3.8, 4) is 17.3 Å². The number of nitriles is 1. The highest BCUT2D eigenvalue weighted by atomic mass is 16.2. The summed E-state index contributed by atoms with van der Waals surface area (Å²) in [6, 6.07) is 15.0. The maximum absolute atomic E-state index is 12.2. The molecule has 8 heteroatoms. The van der Waals surface area contributed by atoms with Gasteiger partial charge in [-0.2, -0.15) is 10.4 Å². The topological polar surface area (TPSA) is 112 Å². The van der Waals surface area contributed by atoms with Crippen LogP contribution in [0.2, 0.25) is 0 Å². The summed E-state index contributed by atoms with van der Waals surface area (Å²) in [6.07, 6.45) is 1.31. The van der Waals surface area contributed by atoms with Gasteiger partial charge in [0.05, 0.1) is 11.6 Å². The molecular weight excluding hydrogens is 330 g/mol. The van der Waals surface area contributed by atoms with Crippen LogP contribution in [0.4, 0.5) is 5.82 Å². The molecule has 26 heavy (non-hydrogen) atoms. The lowest BCUT2D eigenvalue weighted by atomic mass is 10.1. The van der Waals surface area contributed by atoms with Gasteiger partial charge in [-0.05, 0) is 24.3 Å². The third kappa shape index (κ3) is 2.67. The Bertz CT molecular complexity index is 1170. The Morgan fingerprint density at radius 2 is 2.12 bits per heavy atom. The average molecular weight is 343 g/mol. The lowest BCUT2D eigenvalue weighted by Crippen LogP contribution is -2.18. The summed E-state index contributed by atoms with van der Waals surface area (Å²) in [5.41, 5.74) is 2.79. The molecule has 0 atom stereocenters. The van der Waals surface area contributed by atoms with Gasteiger partial charge in [0.2, 0.25) is 5.82 Å². The molecule has 0 fully saturated rings. The minimum atomic E-state index is -0.390. The van der Waals surface area contributed by atoms with E-state index >= 15 is 0 Å². The van der Waals surface area contributed by atoms with Gasteiger partial charge in [0.1, 0.15) is 17.8 Å². The zero-order valence-corrected chi connectivity index (χ0v) is 13.8. The fourth-order valence-corrected chi connectivity index (χ4v) is 2.71. The zero-order chi connectivity index (χ0) is 18.1. The number of nitrogens with zero attached hydrogens (tertiary/aromatic N) is 5. The Hall–Kier alpha value is -3.99. The fourth-order valence-electron chi connectivity index (χ4n) is 2.71. The Morgan fingerprint density at radius 1 is 1.27 bits per heavy atom. The van der Waals surface area contributed by atoms with E-state index in [1.165, 1.54) is 11.0 Å². The van der Waals surface area contributed by atoms with Crippen LogP contribution < -0.4 is 5.32 Å². The van der Waals surface area contributed by atoms with E-state index in [0.29, 0.717) is 17.0 Å². The fraction of sp³-hybridized carbons (Fsp3) is 0.0556. The Kier molecular flexibility index (Phi) is 3.67. The monoisotopic (exact) mass is 343 g/mol. The van der Waals surface area contributed by atoms with Crippen LogP contribution in [0.1, 0.15) is 16.2 Å². The minimum Gasteiger partial charge on any atom is -0.339 e. The number of aromatic amines is 1. The van der Waals surface area contributed by atoms with E-state index in [9.17, 15) is 10.1 Å². The number of pyridine rings is 1. The van der Waals surface area contributed by atoms with Crippen molar-refractivity contribution in [2.24, 2.45) is 7.05 Å². The molecule has 3 heterocycles. The highest BCUT2D eigenvalue weighted by Crippen LogP contribution is 2.26. The number of aryl methyl sites for hydroxylation is 1. The normalized spacial score (nSPS) is 10.6. The molecule has 1 aromatic carbocycles. The maximum atomic E-state index is 12.2. The van der Waals surface area contributed by atoms with Crippen LogP contribution in [-0.4, -0.2) is 30.6 Å². The number of rotatable bonds is 3. The molecule has 4 aromatic rings. The molecule has 3 aromatic heterocycles. The largest absolute Gasteiger partial charge is 0.339 e. The molecule has 2 N–H and O–H groups in total. The molecule has 0 aliphatic heterocycles. The first-order chi connectivity index (χ1) is 12.7. The second kappa shape index (κ2) is 6.14. The third-order valence-electron chi connectivity index (χ3n) is 3.97. The summed E-state index contributed by atoms with van der Waals surface area (Å²) in [7, 11) is 1.64. The number of aromatic nitrogens is 5. The molecule has 4 rings (SSSR count). The van der Waals surface area contributed by atoms with Gasteiger partial charge in [-0.3, -0.25) is 4.79 Å². The molecule has 0 radical (unpaired) electrons. The second-order valence-electron chi connectivity index (χ2n) is 5.64. The lowest BCUT2D eigenvalue weighted by Gasteiger charge is -2.03. The van der Waals surface area contributed by atoms with E-state index in [0.717, 1.165) is 16.6 Å². The molecule has 0 aliphatic rings. The molecule has 0 unspecified atom stereocenters. The number of carbonyl (C=O) groups is 1. The van der Waals surface area contributed by atoms with Crippen LogP contribution >= 0.6 is 0 Å². The quantitative estimate of drug-likeness (QED) is 0.593. The Labute approximate surface area is 148 Å². The summed E-state index contributed by atoms with van der Waals surface area (Å²) < 4.78 is 1.39. The van der Waals surface area contributed by atoms with Crippen molar-refractivity contribution in [1.29, 1.82) is 5.26 Å². The third-order valence-corrected chi connectivity index (χ3v) is 3.97. The molecule has 0 saturated heterocycles.